The van der Waals surface area contributed by atoms with Crippen LogP contribution in [0.4, 0.5) is 21.0 Å². The molecule has 1 aliphatic rings. The first-order chi connectivity index (χ1) is 21.9. The second-order valence-electron chi connectivity index (χ2n) is 12.3. The number of methoxy groups -OCH3 is 1. The van der Waals surface area contributed by atoms with Gasteiger partial charge in [0.15, 0.2) is 0 Å². The maximum absolute atomic E-state index is 14.3. The molecule has 0 bridgehead atoms. The van der Waals surface area contributed by atoms with Gasteiger partial charge in [0.2, 0.25) is 0 Å². The Morgan fingerprint density at radius 2 is 1.74 bits per heavy atom. The van der Waals surface area contributed by atoms with Gasteiger partial charge in [-0.05, 0) is 89.4 Å². The minimum absolute atomic E-state index is 0.00650. The molecule has 4 atom stereocenters. The molecule has 0 saturated heterocycles. The highest BCUT2D eigenvalue weighted by molar-refractivity contribution is 6.02. The average molecular weight is 642 g/mol. The predicted molar refractivity (Wildman–Crippen MR) is 179 cm³/mol. The van der Waals surface area contributed by atoms with Crippen molar-refractivity contribution in [3.63, 3.8) is 0 Å². The van der Waals surface area contributed by atoms with E-state index in [-0.39, 0.29) is 54.8 Å². The van der Waals surface area contributed by atoms with Gasteiger partial charge in [-0.25, -0.2) is 9.59 Å². The van der Waals surface area contributed by atoms with Crippen molar-refractivity contribution in [1.82, 2.24) is 15.1 Å². The predicted octanol–water partition coefficient (Wildman–Crippen LogP) is 5.18. The molecule has 5 amide bonds. The minimum atomic E-state index is -0.522. The van der Waals surface area contributed by atoms with Crippen LogP contribution in [0.5, 0.6) is 11.5 Å². The summed E-state index contributed by atoms with van der Waals surface area (Å²) < 4.78 is 17.8. The van der Waals surface area contributed by atoms with E-state index in [2.05, 4.69) is 16.0 Å². The lowest BCUT2D eigenvalue weighted by atomic mass is 10.0. The fraction of sp³-hybridized carbons (Fsp3) is 0.559. The van der Waals surface area contributed by atoms with E-state index >= 15 is 0 Å². The summed E-state index contributed by atoms with van der Waals surface area (Å²) in [6.07, 6.45) is 1.88. The van der Waals surface area contributed by atoms with Gasteiger partial charge in [-0.3, -0.25) is 4.79 Å². The van der Waals surface area contributed by atoms with Crippen molar-refractivity contribution in [1.29, 1.82) is 0 Å². The molecule has 0 fully saturated rings. The number of nitrogens with zero attached hydrogens (tertiary/aromatic N) is 2. The van der Waals surface area contributed by atoms with Crippen LogP contribution in [0, 0.1) is 5.92 Å². The SMILES string of the molecule is COc1ccc(NC(=O)Nc2ccc3c(c2)C(=O)N([C@H](C)CO)C[C@H](C)[C@@H](CN(C)C(=O)NC(C)C)OCCCC[C@H](C)O3)cc1. The number of benzene rings is 2. The number of hydrogen-bond donors (Lipinski definition) is 4. The molecular formula is C34H51N5O7. The first-order valence-electron chi connectivity index (χ1n) is 16.0. The maximum Gasteiger partial charge on any atom is 0.323 e. The van der Waals surface area contributed by atoms with Crippen molar-refractivity contribution < 1.29 is 33.7 Å². The Bertz CT molecular complexity index is 1290. The highest BCUT2D eigenvalue weighted by Crippen LogP contribution is 2.29. The van der Waals surface area contributed by atoms with E-state index in [1.165, 1.54) is 0 Å². The molecule has 1 heterocycles. The van der Waals surface area contributed by atoms with E-state index in [1.54, 1.807) is 73.3 Å². The van der Waals surface area contributed by atoms with Gasteiger partial charge in [0.05, 0.1) is 37.5 Å². The fourth-order valence-electron chi connectivity index (χ4n) is 5.14. The van der Waals surface area contributed by atoms with Gasteiger partial charge in [-0.2, -0.15) is 0 Å². The number of amides is 5. The Balaban J connectivity index is 1.90. The van der Waals surface area contributed by atoms with E-state index in [0.29, 0.717) is 36.0 Å². The maximum atomic E-state index is 14.3. The monoisotopic (exact) mass is 641 g/mol. The molecule has 0 aliphatic carbocycles. The Morgan fingerprint density at radius 3 is 2.39 bits per heavy atom. The molecule has 0 spiro atoms. The summed E-state index contributed by atoms with van der Waals surface area (Å²) in [6.45, 7) is 10.4. The van der Waals surface area contributed by atoms with Crippen LogP contribution in [0.3, 0.4) is 0 Å². The number of anilines is 2. The Morgan fingerprint density at radius 1 is 1.07 bits per heavy atom. The van der Waals surface area contributed by atoms with Crippen LogP contribution in [0.25, 0.3) is 0 Å². The molecular weight excluding hydrogens is 590 g/mol. The summed E-state index contributed by atoms with van der Waals surface area (Å²) in [7, 11) is 3.30. The standard InChI is InChI=1S/C34H51N5O7/c1-22(2)35-34(43)38(6)20-31-23(3)19-39(24(4)21-40)32(41)29-18-27(13-16-30(29)46-25(5)10-8-9-17-45-31)37-33(42)36-26-11-14-28(44-7)15-12-26/h11-16,18,22-25,31,40H,8-10,17,19-21H2,1-7H3,(H,35,43)(H2,36,37,42)/t23-,24+,25-,31+/m0/s1. The number of carbonyl (C=O) groups excluding carboxylic acids is 3. The van der Waals surface area contributed by atoms with E-state index in [1.807, 2.05) is 27.7 Å². The minimum Gasteiger partial charge on any atom is -0.497 e. The summed E-state index contributed by atoms with van der Waals surface area (Å²) in [5, 5.41) is 18.7. The van der Waals surface area contributed by atoms with Gasteiger partial charge in [-0.15, -0.1) is 0 Å². The van der Waals surface area contributed by atoms with Gasteiger partial charge in [0, 0.05) is 50.1 Å². The third kappa shape index (κ3) is 10.8. The molecule has 12 nitrogen and oxygen atoms in total. The van der Waals surface area contributed by atoms with Crippen molar-refractivity contribution in [2.75, 3.05) is 51.1 Å². The molecule has 0 unspecified atom stereocenters. The lowest BCUT2D eigenvalue weighted by Crippen LogP contribution is -2.49. The van der Waals surface area contributed by atoms with Gasteiger partial charge in [-0.1, -0.05) is 6.92 Å². The number of carbonyl (C=O) groups is 3. The van der Waals surface area contributed by atoms with E-state index in [9.17, 15) is 19.5 Å². The largest absolute Gasteiger partial charge is 0.497 e. The zero-order valence-electron chi connectivity index (χ0n) is 28.2. The molecule has 0 saturated carbocycles. The number of rotatable bonds is 8. The summed E-state index contributed by atoms with van der Waals surface area (Å²) in [6, 6.07) is 10.7. The van der Waals surface area contributed by atoms with Crippen LogP contribution in [-0.4, -0.2) is 97.6 Å². The third-order valence-corrected chi connectivity index (χ3v) is 7.87. The smallest absolute Gasteiger partial charge is 0.323 e. The average Bonchev–Trinajstić information content (AvgIpc) is 3.02. The lowest BCUT2D eigenvalue weighted by Gasteiger charge is -2.36. The highest BCUT2D eigenvalue weighted by Gasteiger charge is 2.31. The topological polar surface area (TPSA) is 142 Å². The van der Waals surface area contributed by atoms with Crippen molar-refractivity contribution in [2.45, 2.75) is 78.2 Å². The number of aliphatic hydroxyl groups excluding tert-OH is 1. The second-order valence-corrected chi connectivity index (χ2v) is 12.3. The zero-order valence-corrected chi connectivity index (χ0v) is 28.2. The number of fused-ring (bicyclic) bond motifs is 1. The second kappa shape index (κ2) is 17.6. The van der Waals surface area contributed by atoms with Crippen LogP contribution in [0.1, 0.15) is 64.2 Å². The third-order valence-electron chi connectivity index (χ3n) is 7.87. The summed E-state index contributed by atoms with van der Waals surface area (Å²) in [5.41, 5.74) is 1.24. The quantitative estimate of drug-likeness (QED) is 0.311. The van der Waals surface area contributed by atoms with E-state index in [4.69, 9.17) is 14.2 Å². The van der Waals surface area contributed by atoms with Gasteiger partial charge in [0.1, 0.15) is 11.5 Å². The lowest BCUT2D eigenvalue weighted by molar-refractivity contribution is -0.0122. The Hall–Kier alpha value is -4.03. The molecule has 0 aromatic heterocycles. The number of urea groups is 2. The van der Waals surface area contributed by atoms with Crippen molar-refractivity contribution in [3.05, 3.63) is 48.0 Å². The summed E-state index contributed by atoms with van der Waals surface area (Å²) in [5.74, 6) is 0.533. The number of ether oxygens (including phenoxy) is 3. The first-order valence-corrected chi connectivity index (χ1v) is 16.0. The van der Waals surface area contributed by atoms with Crippen LogP contribution >= 0.6 is 0 Å². The molecule has 0 radical (unpaired) electrons. The van der Waals surface area contributed by atoms with Crippen molar-refractivity contribution >= 4 is 29.3 Å². The first kappa shape index (κ1) is 36.4. The van der Waals surface area contributed by atoms with Gasteiger partial charge >= 0.3 is 12.1 Å². The number of likely N-dealkylation sites (N-methyl/N-ethyl adjacent to an activating group) is 1. The van der Waals surface area contributed by atoms with Gasteiger partial charge in [0.25, 0.3) is 5.91 Å². The molecule has 4 N–H and O–H groups in total. The summed E-state index contributed by atoms with van der Waals surface area (Å²) in [4.78, 5) is 43.0. The van der Waals surface area contributed by atoms with Crippen LogP contribution in [0.2, 0.25) is 0 Å². The molecule has 2 aromatic rings. The van der Waals surface area contributed by atoms with Crippen LogP contribution < -0.4 is 25.4 Å². The van der Waals surface area contributed by atoms with Crippen LogP contribution in [0.15, 0.2) is 42.5 Å². The Labute approximate surface area is 272 Å². The molecule has 254 valence electrons. The number of nitrogens with one attached hydrogen (secondary N) is 3. The molecule has 12 heteroatoms. The molecule has 3 rings (SSSR count). The molecule has 46 heavy (non-hydrogen) atoms. The normalized spacial score (nSPS) is 20.1. The van der Waals surface area contributed by atoms with E-state index < -0.39 is 12.1 Å². The molecule has 2 aromatic carbocycles. The van der Waals surface area contributed by atoms with Gasteiger partial charge < -0.3 is 45.1 Å². The number of hydrogen-bond acceptors (Lipinski definition) is 7. The van der Waals surface area contributed by atoms with Crippen LogP contribution in [-0.2, 0) is 4.74 Å². The molecule has 1 aliphatic heterocycles. The summed E-state index contributed by atoms with van der Waals surface area (Å²) >= 11 is 0. The Kier molecular flexibility index (Phi) is 13.9. The van der Waals surface area contributed by atoms with Crippen molar-refractivity contribution in [3.8, 4) is 11.5 Å². The van der Waals surface area contributed by atoms with E-state index in [0.717, 1.165) is 19.3 Å². The number of aliphatic hydroxyl groups is 1. The van der Waals surface area contributed by atoms with Crippen molar-refractivity contribution in [2.24, 2.45) is 5.92 Å². The zero-order chi connectivity index (χ0) is 33.8. The fourth-order valence-corrected chi connectivity index (χ4v) is 5.14. The highest BCUT2D eigenvalue weighted by atomic mass is 16.5.